The normalized spacial score (nSPS) is 11.5. The van der Waals surface area contributed by atoms with Crippen LogP contribution in [-0.2, 0) is 13.1 Å². The molecule has 0 aliphatic rings. The number of aromatic nitrogens is 2. The summed E-state index contributed by atoms with van der Waals surface area (Å²) in [5.74, 6) is -0.376. The van der Waals surface area contributed by atoms with E-state index in [2.05, 4.69) is 20.7 Å². The molecule has 1 heterocycles. The Morgan fingerprint density at radius 2 is 2.18 bits per heavy atom. The predicted octanol–water partition coefficient (Wildman–Crippen LogP) is 1.92. The van der Waals surface area contributed by atoms with Crippen LogP contribution in [0.4, 0.5) is 8.78 Å². The van der Waals surface area contributed by atoms with Gasteiger partial charge in [0.25, 0.3) is 0 Å². The number of hydrogen-bond acceptors (Lipinski definition) is 2. The maximum atomic E-state index is 13.6. The van der Waals surface area contributed by atoms with Crippen LogP contribution in [0.5, 0.6) is 0 Å². The molecule has 0 saturated heterocycles. The van der Waals surface area contributed by atoms with Crippen LogP contribution in [0.2, 0.25) is 0 Å². The molecule has 0 fully saturated rings. The van der Waals surface area contributed by atoms with Gasteiger partial charge in [-0.2, -0.15) is 5.10 Å². The van der Waals surface area contributed by atoms with Crippen LogP contribution in [0.1, 0.15) is 12.5 Å². The standard InChI is InChI=1S/C15H19F2N5/c1-2-18-15(19-7-9-22-8-3-6-21-22)20-11-12-10-13(16)4-5-14(12)17/h3-6,8,10H,2,7,9,11H2,1H3,(H2,18,19,20). The van der Waals surface area contributed by atoms with E-state index in [0.29, 0.717) is 25.6 Å². The first-order chi connectivity index (χ1) is 10.7. The van der Waals surface area contributed by atoms with E-state index in [4.69, 9.17) is 0 Å². The zero-order valence-electron chi connectivity index (χ0n) is 12.4. The molecule has 0 aliphatic heterocycles. The maximum absolute atomic E-state index is 13.6. The molecular weight excluding hydrogens is 288 g/mol. The molecule has 2 rings (SSSR count). The third-order valence-electron chi connectivity index (χ3n) is 2.95. The molecule has 2 aromatic rings. The summed E-state index contributed by atoms with van der Waals surface area (Å²) in [6, 6.07) is 5.21. The molecule has 2 N–H and O–H groups in total. The van der Waals surface area contributed by atoms with E-state index in [1.807, 2.05) is 19.2 Å². The van der Waals surface area contributed by atoms with Gasteiger partial charge in [0.15, 0.2) is 5.96 Å². The monoisotopic (exact) mass is 307 g/mol. The third-order valence-corrected chi connectivity index (χ3v) is 2.95. The Morgan fingerprint density at radius 3 is 2.91 bits per heavy atom. The lowest BCUT2D eigenvalue weighted by molar-refractivity contribution is 0.584. The summed E-state index contributed by atoms with van der Waals surface area (Å²) in [5.41, 5.74) is 0.226. The third kappa shape index (κ3) is 4.83. The lowest BCUT2D eigenvalue weighted by Crippen LogP contribution is -2.38. The van der Waals surface area contributed by atoms with E-state index in [1.54, 1.807) is 10.9 Å². The Morgan fingerprint density at radius 1 is 1.32 bits per heavy atom. The number of nitrogens with one attached hydrogen (secondary N) is 2. The van der Waals surface area contributed by atoms with Crippen molar-refractivity contribution in [1.29, 1.82) is 0 Å². The zero-order valence-corrected chi connectivity index (χ0v) is 12.4. The minimum absolute atomic E-state index is 0.0701. The first-order valence-electron chi connectivity index (χ1n) is 7.12. The first kappa shape index (κ1) is 15.9. The fourth-order valence-electron chi connectivity index (χ4n) is 1.89. The van der Waals surface area contributed by atoms with Crippen molar-refractivity contribution in [2.75, 3.05) is 13.1 Å². The average molecular weight is 307 g/mol. The van der Waals surface area contributed by atoms with Gasteiger partial charge in [-0.1, -0.05) is 0 Å². The molecule has 0 bridgehead atoms. The molecule has 0 amide bonds. The number of guanidine groups is 1. The van der Waals surface area contributed by atoms with Gasteiger partial charge in [-0.25, -0.2) is 13.8 Å². The highest BCUT2D eigenvalue weighted by atomic mass is 19.1. The second-order valence-corrected chi connectivity index (χ2v) is 4.63. The summed E-state index contributed by atoms with van der Waals surface area (Å²) < 4.78 is 28.5. The van der Waals surface area contributed by atoms with Crippen molar-refractivity contribution in [2.24, 2.45) is 4.99 Å². The van der Waals surface area contributed by atoms with Crippen LogP contribution in [-0.4, -0.2) is 28.8 Å². The molecule has 0 unspecified atom stereocenters. The average Bonchev–Trinajstić information content (AvgIpc) is 3.01. The van der Waals surface area contributed by atoms with E-state index < -0.39 is 11.6 Å². The summed E-state index contributed by atoms with van der Waals surface area (Å²) in [7, 11) is 0. The topological polar surface area (TPSA) is 54.2 Å². The van der Waals surface area contributed by atoms with E-state index in [0.717, 1.165) is 18.2 Å². The highest BCUT2D eigenvalue weighted by Gasteiger charge is 2.04. The molecule has 0 atom stereocenters. The summed E-state index contributed by atoms with van der Waals surface area (Å²) in [6.07, 6.45) is 3.58. The fraction of sp³-hybridized carbons (Fsp3) is 0.333. The number of nitrogens with zero attached hydrogens (tertiary/aromatic N) is 3. The summed E-state index contributed by atoms with van der Waals surface area (Å²) in [4.78, 5) is 4.26. The van der Waals surface area contributed by atoms with Crippen LogP contribution < -0.4 is 10.6 Å². The molecule has 0 aliphatic carbocycles. The smallest absolute Gasteiger partial charge is 0.191 e. The number of hydrogen-bond donors (Lipinski definition) is 2. The van der Waals surface area contributed by atoms with E-state index in [-0.39, 0.29) is 12.1 Å². The van der Waals surface area contributed by atoms with Crippen molar-refractivity contribution < 1.29 is 8.78 Å². The van der Waals surface area contributed by atoms with Crippen molar-refractivity contribution in [1.82, 2.24) is 20.4 Å². The van der Waals surface area contributed by atoms with Crippen LogP contribution in [0.15, 0.2) is 41.7 Å². The molecule has 0 radical (unpaired) electrons. The number of aliphatic imine (C=N–C) groups is 1. The van der Waals surface area contributed by atoms with Gasteiger partial charge in [0, 0.05) is 31.0 Å². The minimum Gasteiger partial charge on any atom is -0.357 e. The number of halogens is 2. The zero-order chi connectivity index (χ0) is 15.8. The second-order valence-electron chi connectivity index (χ2n) is 4.63. The van der Waals surface area contributed by atoms with Gasteiger partial charge in [0.05, 0.1) is 13.1 Å². The molecule has 5 nitrogen and oxygen atoms in total. The van der Waals surface area contributed by atoms with Gasteiger partial charge < -0.3 is 10.6 Å². The van der Waals surface area contributed by atoms with Gasteiger partial charge in [-0.3, -0.25) is 4.68 Å². The van der Waals surface area contributed by atoms with Crippen molar-refractivity contribution in [2.45, 2.75) is 20.0 Å². The van der Waals surface area contributed by atoms with Crippen LogP contribution in [0.3, 0.4) is 0 Å². The Labute approximate surface area is 128 Å². The lowest BCUT2D eigenvalue weighted by Gasteiger charge is -2.11. The van der Waals surface area contributed by atoms with E-state index in [1.165, 1.54) is 0 Å². The Balaban J connectivity index is 1.92. The Kier molecular flexibility index (Phi) is 5.88. The molecule has 7 heteroatoms. The molecular formula is C15H19F2N5. The van der Waals surface area contributed by atoms with Crippen molar-refractivity contribution in [3.8, 4) is 0 Å². The summed E-state index contributed by atoms with van der Waals surface area (Å²) >= 11 is 0. The molecule has 1 aromatic heterocycles. The molecule has 22 heavy (non-hydrogen) atoms. The fourth-order valence-corrected chi connectivity index (χ4v) is 1.89. The SMILES string of the molecule is CCNC(=NCc1cc(F)ccc1F)NCCn1cccn1. The van der Waals surface area contributed by atoms with Crippen LogP contribution >= 0.6 is 0 Å². The highest BCUT2D eigenvalue weighted by molar-refractivity contribution is 5.79. The number of benzene rings is 1. The summed E-state index contributed by atoms with van der Waals surface area (Å²) in [6.45, 7) is 4.00. The molecule has 0 spiro atoms. The quantitative estimate of drug-likeness (QED) is 0.633. The van der Waals surface area contributed by atoms with Gasteiger partial charge >= 0.3 is 0 Å². The Bertz CT molecular complexity index is 610. The minimum atomic E-state index is -0.469. The van der Waals surface area contributed by atoms with Crippen LogP contribution in [0, 0.1) is 11.6 Å². The van der Waals surface area contributed by atoms with Crippen molar-refractivity contribution in [3.63, 3.8) is 0 Å². The second kappa shape index (κ2) is 8.11. The Hall–Kier alpha value is -2.44. The van der Waals surface area contributed by atoms with E-state index >= 15 is 0 Å². The summed E-state index contributed by atoms with van der Waals surface area (Å²) in [5, 5.41) is 10.3. The molecule has 118 valence electrons. The van der Waals surface area contributed by atoms with Crippen molar-refractivity contribution >= 4 is 5.96 Å². The van der Waals surface area contributed by atoms with E-state index in [9.17, 15) is 8.78 Å². The molecule has 0 saturated carbocycles. The van der Waals surface area contributed by atoms with Gasteiger partial charge in [0.1, 0.15) is 11.6 Å². The van der Waals surface area contributed by atoms with Gasteiger partial charge in [-0.05, 0) is 31.2 Å². The first-order valence-corrected chi connectivity index (χ1v) is 7.12. The van der Waals surface area contributed by atoms with Gasteiger partial charge in [0.2, 0.25) is 0 Å². The molecule has 1 aromatic carbocycles. The number of rotatable bonds is 6. The van der Waals surface area contributed by atoms with Crippen molar-refractivity contribution in [3.05, 3.63) is 53.9 Å². The maximum Gasteiger partial charge on any atom is 0.191 e. The van der Waals surface area contributed by atoms with Crippen LogP contribution in [0.25, 0.3) is 0 Å². The highest BCUT2D eigenvalue weighted by Crippen LogP contribution is 2.10. The van der Waals surface area contributed by atoms with Gasteiger partial charge in [-0.15, -0.1) is 0 Å². The predicted molar refractivity (Wildman–Crippen MR) is 81.4 cm³/mol. The largest absolute Gasteiger partial charge is 0.357 e. The lowest BCUT2D eigenvalue weighted by atomic mass is 10.2.